The van der Waals surface area contributed by atoms with Crippen molar-refractivity contribution in [2.45, 2.75) is 6.04 Å². The summed E-state index contributed by atoms with van der Waals surface area (Å²) in [7, 11) is 0. The molecule has 3 nitrogen and oxygen atoms in total. The van der Waals surface area contributed by atoms with Crippen LogP contribution < -0.4 is 5.32 Å². The number of nitrogens with one attached hydrogen (secondary N) is 1. The standard InChI is InChI=1S/C15H15F3N2O/c16-10-8-11(14(18)12(17)9-10)15(13-2-1-7-21-13)20-5-3-19-4-6-20/h1-2,7-9,15,19H,3-6H2/t15-/m0/s1. The zero-order valence-corrected chi connectivity index (χ0v) is 11.3. The summed E-state index contributed by atoms with van der Waals surface area (Å²) in [4.78, 5) is 1.95. The van der Waals surface area contributed by atoms with Gasteiger partial charge in [-0.05, 0) is 18.2 Å². The molecular formula is C15H15F3N2O. The lowest BCUT2D eigenvalue weighted by atomic mass is 10.0. The molecule has 2 aromatic rings. The molecule has 0 bridgehead atoms. The molecule has 3 rings (SSSR count). The first kappa shape index (κ1) is 14.2. The van der Waals surface area contributed by atoms with Gasteiger partial charge < -0.3 is 9.73 Å². The monoisotopic (exact) mass is 296 g/mol. The van der Waals surface area contributed by atoms with Gasteiger partial charge in [-0.3, -0.25) is 4.90 Å². The van der Waals surface area contributed by atoms with Crippen LogP contribution in [-0.2, 0) is 0 Å². The van der Waals surface area contributed by atoms with E-state index in [0.29, 0.717) is 24.9 Å². The second kappa shape index (κ2) is 5.91. The molecule has 1 N–H and O–H groups in total. The van der Waals surface area contributed by atoms with E-state index >= 15 is 0 Å². The summed E-state index contributed by atoms with van der Waals surface area (Å²) < 4.78 is 46.6. The summed E-state index contributed by atoms with van der Waals surface area (Å²) in [5.41, 5.74) is -0.0376. The quantitative estimate of drug-likeness (QED) is 0.883. The summed E-state index contributed by atoms with van der Waals surface area (Å²) in [6, 6.07) is 4.32. The summed E-state index contributed by atoms with van der Waals surface area (Å²) >= 11 is 0. The molecule has 1 aromatic heterocycles. The Morgan fingerprint density at radius 2 is 1.90 bits per heavy atom. The van der Waals surface area contributed by atoms with Crippen molar-refractivity contribution in [3.8, 4) is 0 Å². The van der Waals surface area contributed by atoms with Gasteiger partial charge in [0.1, 0.15) is 11.6 Å². The Morgan fingerprint density at radius 3 is 2.57 bits per heavy atom. The van der Waals surface area contributed by atoms with E-state index in [0.717, 1.165) is 19.2 Å². The smallest absolute Gasteiger partial charge is 0.164 e. The van der Waals surface area contributed by atoms with Gasteiger partial charge in [0.05, 0.1) is 12.3 Å². The highest BCUT2D eigenvalue weighted by molar-refractivity contribution is 5.30. The van der Waals surface area contributed by atoms with Crippen LogP contribution in [0.1, 0.15) is 17.4 Å². The van der Waals surface area contributed by atoms with Crippen LogP contribution in [0.25, 0.3) is 0 Å². The van der Waals surface area contributed by atoms with Crippen molar-refractivity contribution in [1.82, 2.24) is 10.2 Å². The molecule has 0 spiro atoms. The molecule has 0 saturated carbocycles. The number of halogens is 3. The first-order valence-corrected chi connectivity index (χ1v) is 6.79. The number of hydrogen-bond donors (Lipinski definition) is 1. The van der Waals surface area contributed by atoms with E-state index in [-0.39, 0.29) is 5.56 Å². The molecule has 1 aliphatic rings. The Hall–Kier alpha value is -1.79. The van der Waals surface area contributed by atoms with Gasteiger partial charge in [0.2, 0.25) is 0 Å². The number of benzene rings is 1. The average Bonchev–Trinajstić information content (AvgIpc) is 2.99. The minimum atomic E-state index is -1.18. The van der Waals surface area contributed by atoms with E-state index in [1.807, 2.05) is 4.90 Å². The minimum absolute atomic E-state index is 0.0376. The van der Waals surface area contributed by atoms with Crippen molar-refractivity contribution in [3.05, 3.63) is 59.3 Å². The highest BCUT2D eigenvalue weighted by atomic mass is 19.2. The lowest BCUT2D eigenvalue weighted by Gasteiger charge is -2.34. The van der Waals surface area contributed by atoms with Crippen molar-refractivity contribution in [3.63, 3.8) is 0 Å². The van der Waals surface area contributed by atoms with E-state index in [1.165, 1.54) is 6.26 Å². The highest BCUT2D eigenvalue weighted by Gasteiger charge is 2.30. The molecule has 21 heavy (non-hydrogen) atoms. The third kappa shape index (κ3) is 2.82. The topological polar surface area (TPSA) is 28.4 Å². The Bertz CT molecular complexity index is 610. The second-order valence-electron chi connectivity index (χ2n) is 4.99. The van der Waals surface area contributed by atoms with Crippen molar-refractivity contribution in [1.29, 1.82) is 0 Å². The van der Waals surface area contributed by atoms with Crippen molar-refractivity contribution in [2.75, 3.05) is 26.2 Å². The molecule has 1 saturated heterocycles. The van der Waals surface area contributed by atoms with E-state index in [2.05, 4.69) is 5.32 Å². The second-order valence-corrected chi connectivity index (χ2v) is 4.99. The Balaban J connectivity index is 2.07. The first-order chi connectivity index (χ1) is 10.2. The van der Waals surface area contributed by atoms with Crippen LogP contribution in [0.15, 0.2) is 34.9 Å². The van der Waals surface area contributed by atoms with Gasteiger partial charge >= 0.3 is 0 Å². The molecule has 1 aliphatic heterocycles. The summed E-state index contributed by atoms with van der Waals surface area (Å²) in [5, 5.41) is 3.19. The fraction of sp³-hybridized carbons (Fsp3) is 0.333. The molecule has 1 fully saturated rings. The predicted octanol–water partition coefficient (Wildman–Crippen LogP) is 2.69. The lowest BCUT2D eigenvalue weighted by molar-refractivity contribution is 0.176. The maximum atomic E-state index is 14.2. The van der Waals surface area contributed by atoms with Crippen LogP contribution in [0.3, 0.4) is 0 Å². The normalized spacial score (nSPS) is 17.9. The summed E-state index contributed by atoms with van der Waals surface area (Å²) in [5.74, 6) is -2.54. The fourth-order valence-corrected chi connectivity index (χ4v) is 2.69. The highest BCUT2D eigenvalue weighted by Crippen LogP contribution is 2.32. The van der Waals surface area contributed by atoms with Crippen molar-refractivity contribution >= 4 is 0 Å². The maximum Gasteiger partial charge on any atom is 0.164 e. The van der Waals surface area contributed by atoms with Gasteiger partial charge in [0.15, 0.2) is 11.6 Å². The predicted molar refractivity (Wildman–Crippen MR) is 71.3 cm³/mol. The van der Waals surface area contributed by atoms with Gasteiger partial charge in [-0.25, -0.2) is 13.2 Å². The number of piperazine rings is 1. The van der Waals surface area contributed by atoms with E-state index in [4.69, 9.17) is 4.42 Å². The van der Waals surface area contributed by atoms with Crippen LogP contribution in [0, 0.1) is 17.5 Å². The van der Waals surface area contributed by atoms with Gasteiger partial charge in [-0.2, -0.15) is 0 Å². The average molecular weight is 296 g/mol. The molecule has 0 unspecified atom stereocenters. The number of nitrogens with zero attached hydrogens (tertiary/aromatic N) is 1. The van der Waals surface area contributed by atoms with E-state index < -0.39 is 23.5 Å². The van der Waals surface area contributed by atoms with Crippen LogP contribution in [0.2, 0.25) is 0 Å². The lowest BCUT2D eigenvalue weighted by Crippen LogP contribution is -2.45. The van der Waals surface area contributed by atoms with Crippen LogP contribution in [0.4, 0.5) is 13.2 Å². The zero-order chi connectivity index (χ0) is 14.8. The number of furan rings is 1. The minimum Gasteiger partial charge on any atom is -0.467 e. The van der Waals surface area contributed by atoms with Gasteiger partial charge in [-0.1, -0.05) is 0 Å². The Labute approximate surface area is 120 Å². The molecule has 1 aromatic carbocycles. The number of rotatable bonds is 3. The fourth-order valence-electron chi connectivity index (χ4n) is 2.69. The molecule has 112 valence electrons. The zero-order valence-electron chi connectivity index (χ0n) is 11.3. The van der Waals surface area contributed by atoms with Crippen LogP contribution >= 0.6 is 0 Å². The third-order valence-corrected chi connectivity index (χ3v) is 3.65. The largest absolute Gasteiger partial charge is 0.467 e. The van der Waals surface area contributed by atoms with Crippen molar-refractivity contribution in [2.24, 2.45) is 0 Å². The molecule has 0 radical (unpaired) electrons. The van der Waals surface area contributed by atoms with Gasteiger partial charge in [0.25, 0.3) is 0 Å². The Morgan fingerprint density at radius 1 is 1.14 bits per heavy atom. The van der Waals surface area contributed by atoms with Crippen LogP contribution in [-0.4, -0.2) is 31.1 Å². The van der Waals surface area contributed by atoms with Crippen LogP contribution in [0.5, 0.6) is 0 Å². The molecule has 0 aliphatic carbocycles. The molecule has 1 atom stereocenters. The van der Waals surface area contributed by atoms with E-state index in [1.54, 1.807) is 12.1 Å². The van der Waals surface area contributed by atoms with E-state index in [9.17, 15) is 13.2 Å². The molecular weight excluding hydrogens is 281 g/mol. The maximum absolute atomic E-state index is 14.2. The van der Waals surface area contributed by atoms with Crippen molar-refractivity contribution < 1.29 is 17.6 Å². The van der Waals surface area contributed by atoms with Gasteiger partial charge in [0, 0.05) is 37.8 Å². The summed E-state index contributed by atoms with van der Waals surface area (Å²) in [6.07, 6.45) is 1.47. The van der Waals surface area contributed by atoms with Gasteiger partial charge in [-0.15, -0.1) is 0 Å². The SMILES string of the molecule is Fc1cc(F)c(F)c([C@@H](c2ccco2)N2CCNCC2)c1. The third-order valence-electron chi connectivity index (χ3n) is 3.65. The first-order valence-electron chi connectivity index (χ1n) is 6.79. The molecule has 0 amide bonds. The Kier molecular flexibility index (Phi) is 3.98. The summed E-state index contributed by atoms with van der Waals surface area (Å²) in [6.45, 7) is 2.75. The number of hydrogen-bond acceptors (Lipinski definition) is 3. The molecule has 6 heteroatoms. The molecule has 2 heterocycles.